The van der Waals surface area contributed by atoms with E-state index in [-0.39, 0.29) is 0 Å². The van der Waals surface area contributed by atoms with Crippen LogP contribution in [-0.4, -0.2) is 9.97 Å². The van der Waals surface area contributed by atoms with E-state index in [0.717, 1.165) is 0 Å². The fourth-order valence-corrected chi connectivity index (χ4v) is 1.86. The second-order valence-electron chi connectivity index (χ2n) is 3.50. The minimum Gasteiger partial charge on any atom is -0.367 e. The Morgan fingerprint density at radius 1 is 1.07 bits per heavy atom. The SMILES string of the molecule is c1cc(-c2cc[nH]c2)c2cnccc2c1. The molecule has 0 aliphatic heterocycles. The quantitative estimate of drug-likeness (QED) is 0.633. The summed E-state index contributed by atoms with van der Waals surface area (Å²) in [6, 6.07) is 10.4. The molecule has 2 heteroatoms. The Hall–Kier alpha value is -2.09. The molecule has 15 heavy (non-hydrogen) atoms. The number of benzene rings is 1. The predicted molar refractivity (Wildman–Crippen MR) is 61.5 cm³/mol. The number of pyridine rings is 1. The number of rotatable bonds is 1. The fraction of sp³-hybridized carbons (Fsp3) is 0. The summed E-state index contributed by atoms with van der Waals surface area (Å²) in [5.41, 5.74) is 2.43. The van der Waals surface area contributed by atoms with E-state index in [0.29, 0.717) is 0 Å². The maximum Gasteiger partial charge on any atom is 0.0352 e. The van der Waals surface area contributed by atoms with Gasteiger partial charge in [0.1, 0.15) is 0 Å². The average molecular weight is 194 g/mol. The Balaban J connectivity index is 2.36. The van der Waals surface area contributed by atoms with Gasteiger partial charge in [0.2, 0.25) is 0 Å². The lowest BCUT2D eigenvalue weighted by atomic mass is 10.0. The number of aromatic nitrogens is 2. The van der Waals surface area contributed by atoms with Crippen molar-refractivity contribution in [2.45, 2.75) is 0 Å². The first-order valence-corrected chi connectivity index (χ1v) is 4.91. The maximum absolute atomic E-state index is 4.17. The van der Waals surface area contributed by atoms with Crippen molar-refractivity contribution in [3.8, 4) is 11.1 Å². The van der Waals surface area contributed by atoms with Gasteiger partial charge in [0.05, 0.1) is 0 Å². The number of nitrogens with zero attached hydrogens (tertiary/aromatic N) is 1. The van der Waals surface area contributed by atoms with Crippen LogP contribution in [0.15, 0.2) is 55.1 Å². The summed E-state index contributed by atoms with van der Waals surface area (Å²) in [6.45, 7) is 0. The summed E-state index contributed by atoms with van der Waals surface area (Å²) in [4.78, 5) is 7.25. The van der Waals surface area contributed by atoms with Gasteiger partial charge in [-0.05, 0) is 28.6 Å². The third-order valence-corrected chi connectivity index (χ3v) is 2.59. The van der Waals surface area contributed by atoms with Crippen LogP contribution in [0, 0.1) is 0 Å². The van der Waals surface area contributed by atoms with Crippen LogP contribution in [0.3, 0.4) is 0 Å². The van der Waals surface area contributed by atoms with E-state index in [1.54, 1.807) is 0 Å². The third-order valence-electron chi connectivity index (χ3n) is 2.59. The fourth-order valence-electron chi connectivity index (χ4n) is 1.86. The maximum atomic E-state index is 4.17. The highest BCUT2D eigenvalue weighted by atomic mass is 14.6. The zero-order valence-corrected chi connectivity index (χ0v) is 8.14. The minimum absolute atomic E-state index is 1.19. The number of hydrogen-bond acceptors (Lipinski definition) is 1. The predicted octanol–water partition coefficient (Wildman–Crippen LogP) is 3.23. The van der Waals surface area contributed by atoms with Crippen LogP contribution >= 0.6 is 0 Å². The van der Waals surface area contributed by atoms with Crippen LogP contribution in [0.1, 0.15) is 0 Å². The van der Waals surface area contributed by atoms with Gasteiger partial charge in [-0.1, -0.05) is 18.2 Å². The summed E-state index contributed by atoms with van der Waals surface area (Å²) in [5, 5.41) is 2.42. The van der Waals surface area contributed by atoms with Crippen molar-refractivity contribution in [1.29, 1.82) is 0 Å². The molecular formula is C13H10N2. The van der Waals surface area contributed by atoms with Crippen LogP contribution in [0.25, 0.3) is 21.9 Å². The van der Waals surface area contributed by atoms with Crippen molar-refractivity contribution in [2.75, 3.05) is 0 Å². The van der Waals surface area contributed by atoms with Gasteiger partial charge >= 0.3 is 0 Å². The zero-order chi connectivity index (χ0) is 10.1. The lowest BCUT2D eigenvalue weighted by molar-refractivity contribution is 1.36. The van der Waals surface area contributed by atoms with Crippen LogP contribution < -0.4 is 0 Å². The highest BCUT2D eigenvalue weighted by Gasteiger charge is 2.02. The molecule has 0 aliphatic carbocycles. The lowest BCUT2D eigenvalue weighted by Crippen LogP contribution is -1.80. The minimum atomic E-state index is 1.19. The van der Waals surface area contributed by atoms with E-state index < -0.39 is 0 Å². The summed E-state index contributed by atoms with van der Waals surface area (Å²) < 4.78 is 0. The number of H-pyrrole nitrogens is 1. The van der Waals surface area contributed by atoms with Gasteiger partial charge in [0.25, 0.3) is 0 Å². The van der Waals surface area contributed by atoms with Crippen molar-refractivity contribution in [2.24, 2.45) is 0 Å². The van der Waals surface area contributed by atoms with Gasteiger partial charge < -0.3 is 4.98 Å². The highest BCUT2D eigenvalue weighted by Crippen LogP contribution is 2.27. The molecule has 0 amide bonds. The van der Waals surface area contributed by atoms with Gasteiger partial charge in [-0.2, -0.15) is 0 Å². The van der Waals surface area contributed by atoms with Crippen molar-refractivity contribution in [1.82, 2.24) is 9.97 Å². The zero-order valence-electron chi connectivity index (χ0n) is 8.14. The van der Waals surface area contributed by atoms with Crippen molar-refractivity contribution >= 4 is 10.8 Å². The molecule has 0 bridgehead atoms. The molecule has 0 unspecified atom stereocenters. The largest absolute Gasteiger partial charge is 0.367 e. The molecule has 72 valence electrons. The number of aromatic amines is 1. The molecule has 0 saturated carbocycles. The molecule has 0 aliphatic rings. The molecule has 3 aromatic rings. The molecule has 0 saturated heterocycles. The van der Waals surface area contributed by atoms with Gasteiger partial charge in [0, 0.05) is 30.2 Å². The van der Waals surface area contributed by atoms with Crippen molar-refractivity contribution < 1.29 is 0 Å². The van der Waals surface area contributed by atoms with E-state index in [1.807, 2.05) is 30.9 Å². The smallest absolute Gasteiger partial charge is 0.0352 e. The number of hydrogen-bond donors (Lipinski definition) is 1. The third kappa shape index (κ3) is 1.31. The molecule has 1 N–H and O–H groups in total. The van der Waals surface area contributed by atoms with Gasteiger partial charge in [0.15, 0.2) is 0 Å². The van der Waals surface area contributed by atoms with Gasteiger partial charge in [-0.15, -0.1) is 0 Å². The van der Waals surface area contributed by atoms with Crippen LogP contribution in [0.5, 0.6) is 0 Å². The summed E-state index contributed by atoms with van der Waals surface area (Å²) in [7, 11) is 0. The van der Waals surface area contributed by atoms with Crippen molar-refractivity contribution in [3.05, 3.63) is 55.1 Å². The van der Waals surface area contributed by atoms with E-state index >= 15 is 0 Å². The molecule has 1 aromatic carbocycles. The van der Waals surface area contributed by atoms with Crippen LogP contribution in [0.2, 0.25) is 0 Å². The summed E-state index contributed by atoms with van der Waals surface area (Å²) in [6.07, 6.45) is 7.67. The molecule has 0 atom stereocenters. The highest BCUT2D eigenvalue weighted by molar-refractivity contribution is 5.95. The van der Waals surface area contributed by atoms with Crippen LogP contribution in [-0.2, 0) is 0 Å². The first kappa shape index (κ1) is 8.24. The van der Waals surface area contributed by atoms with Crippen molar-refractivity contribution in [3.63, 3.8) is 0 Å². The second kappa shape index (κ2) is 3.24. The Kier molecular flexibility index (Phi) is 1.78. The molecule has 2 heterocycles. The Morgan fingerprint density at radius 3 is 2.93 bits per heavy atom. The second-order valence-corrected chi connectivity index (χ2v) is 3.50. The molecule has 0 fully saturated rings. The first-order valence-electron chi connectivity index (χ1n) is 4.91. The monoisotopic (exact) mass is 194 g/mol. The Morgan fingerprint density at radius 2 is 2.07 bits per heavy atom. The van der Waals surface area contributed by atoms with E-state index in [1.165, 1.54) is 21.9 Å². The molecule has 0 radical (unpaired) electrons. The average Bonchev–Trinajstić information content (AvgIpc) is 2.82. The topological polar surface area (TPSA) is 28.7 Å². The van der Waals surface area contributed by atoms with Gasteiger partial charge in [-0.25, -0.2) is 0 Å². The lowest BCUT2D eigenvalue weighted by Gasteiger charge is -2.03. The molecule has 0 spiro atoms. The van der Waals surface area contributed by atoms with Crippen LogP contribution in [0.4, 0.5) is 0 Å². The summed E-state index contributed by atoms with van der Waals surface area (Å²) in [5.74, 6) is 0. The number of fused-ring (bicyclic) bond motifs is 1. The Labute approximate surface area is 87.6 Å². The van der Waals surface area contributed by atoms with Gasteiger partial charge in [-0.3, -0.25) is 4.98 Å². The summed E-state index contributed by atoms with van der Waals surface area (Å²) >= 11 is 0. The first-order chi connectivity index (χ1) is 7.45. The van der Waals surface area contributed by atoms with E-state index in [4.69, 9.17) is 0 Å². The Bertz CT molecular complexity index is 577. The van der Waals surface area contributed by atoms with E-state index in [9.17, 15) is 0 Å². The van der Waals surface area contributed by atoms with E-state index in [2.05, 4.69) is 34.2 Å². The number of nitrogens with one attached hydrogen (secondary N) is 1. The molecule has 2 nitrogen and oxygen atoms in total. The standard InChI is InChI=1S/C13H10N2/c1-2-10-4-6-15-9-13(10)12(3-1)11-5-7-14-8-11/h1-9,14H. The normalized spacial score (nSPS) is 10.7. The molecule has 2 aromatic heterocycles. The molecular weight excluding hydrogens is 184 g/mol. The molecule has 3 rings (SSSR count).